The van der Waals surface area contributed by atoms with Crippen LogP contribution in [-0.2, 0) is 9.53 Å². The molecule has 1 saturated heterocycles. The van der Waals surface area contributed by atoms with Gasteiger partial charge in [0.2, 0.25) is 0 Å². The topological polar surface area (TPSA) is 114 Å². The van der Waals surface area contributed by atoms with E-state index in [1.807, 2.05) is 0 Å². The lowest BCUT2D eigenvalue weighted by molar-refractivity contribution is -0.163. The Kier molecular flexibility index (Phi) is 4.75. The molecule has 0 aromatic heterocycles. The Labute approximate surface area is 181 Å². The molecule has 0 aromatic rings. The molecule has 170 valence electrons. The van der Waals surface area contributed by atoms with Gasteiger partial charge in [0, 0.05) is 31.0 Å². The zero-order chi connectivity index (χ0) is 22.1. The van der Waals surface area contributed by atoms with E-state index < -0.39 is 24.1 Å². The van der Waals surface area contributed by atoms with E-state index in [9.17, 15) is 25.0 Å². The predicted octanol–water partition coefficient (Wildman–Crippen LogP) is 2.18. The third kappa shape index (κ3) is 3.04. The summed E-state index contributed by atoms with van der Waals surface area (Å²) >= 11 is 0. The SMILES string of the molecule is CC1CC[C@H]2OC3=C4[C@H](C[C@@H](O)C3)CN(N(C(=O)O)C3C(=O)N(O)CC3C)C=CC42C1. The Balaban J connectivity index is 1.56. The zero-order valence-corrected chi connectivity index (χ0v) is 18.0. The molecule has 1 spiro atoms. The summed E-state index contributed by atoms with van der Waals surface area (Å²) in [7, 11) is 0. The zero-order valence-electron chi connectivity index (χ0n) is 18.0. The van der Waals surface area contributed by atoms with Gasteiger partial charge in [-0.15, -0.1) is 0 Å². The van der Waals surface area contributed by atoms with Crippen molar-refractivity contribution < 1.29 is 29.7 Å². The molecule has 2 fully saturated rings. The maximum absolute atomic E-state index is 12.6. The molecule has 5 rings (SSSR count). The molecule has 3 heterocycles. The second kappa shape index (κ2) is 7.13. The lowest BCUT2D eigenvalue weighted by Gasteiger charge is -2.42. The van der Waals surface area contributed by atoms with Crippen molar-refractivity contribution in [3.63, 3.8) is 0 Å². The fourth-order valence-electron chi connectivity index (χ4n) is 6.64. The van der Waals surface area contributed by atoms with Crippen molar-refractivity contribution in [2.24, 2.45) is 23.2 Å². The van der Waals surface area contributed by atoms with Gasteiger partial charge in [-0.25, -0.2) is 14.9 Å². The number of carbonyl (C=O) groups excluding carboxylic acids is 1. The average molecular weight is 434 g/mol. The van der Waals surface area contributed by atoms with Crippen LogP contribution in [0.2, 0.25) is 0 Å². The molecular weight excluding hydrogens is 402 g/mol. The van der Waals surface area contributed by atoms with Crippen molar-refractivity contribution in [3.05, 3.63) is 23.6 Å². The Bertz CT molecular complexity index is 858. The Morgan fingerprint density at radius 2 is 2.06 bits per heavy atom. The number of carboxylic acid groups (broad SMARTS) is 1. The van der Waals surface area contributed by atoms with E-state index in [0.29, 0.717) is 30.4 Å². The van der Waals surface area contributed by atoms with Crippen molar-refractivity contribution in [2.45, 2.75) is 64.2 Å². The first-order valence-corrected chi connectivity index (χ1v) is 11.3. The van der Waals surface area contributed by atoms with Gasteiger partial charge in [-0.05, 0) is 37.2 Å². The molecule has 2 amide bonds. The second-order valence-electron chi connectivity index (χ2n) is 10.1. The number of hydroxylamine groups is 2. The second-order valence-corrected chi connectivity index (χ2v) is 10.1. The highest BCUT2D eigenvalue weighted by molar-refractivity contribution is 5.86. The first kappa shape index (κ1) is 20.6. The fourth-order valence-corrected chi connectivity index (χ4v) is 6.64. The molecule has 0 radical (unpaired) electrons. The fraction of sp³-hybridized carbons (Fsp3) is 0.727. The van der Waals surface area contributed by atoms with E-state index in [2.05, 4.69) is 13.0 Å². The van der Waals surface area contributed by atoms with Crippen LogP contribution in [0.15, 0.2) is 23.6 Å². The molecule has 5 aliphatic rings. The van der Waals surface area contributed by atoms with Crippen LogP contribution in [0.5, 0.6) is 0 Å². The van der Waals surface area contributed by atoms with Crippen LogP contribution >= 0.6 is 0 Å². The molecule has 2 aliphatic carbocycles. The van der Waals surface area contributed by atoms with Crippen molar-refractivity contribution in [1.82, 2.24) is 15.1 Å². The van der Waals surface area contributed by atoms with Crippen LogP contribution in [0.1, 0.15) is 46.0 Å². The Hall–Kier alpha value is -2.26. The lowest BCUT2D eigenvalue weighted by atomic mass is 9.61. The lowest BCUT2D eigenvalue weighted by Crippen LogP contribution is -2.55. The van der Waals surface area contributed by atoms with Gasteiger partial charge in [0.25, 0.3) is 5.91 Å². The van der Waals surface area contributed by atoms with E-state index >= 15 is 0 Å². The molecule has 0 aromatic carbocycles. The van der Waals surface area contributed by atoms with Gasteiger partial charge in [-0.3, -0.25) is 15.0 Å². The smallest absolute Gasteiger partial charge is 0.427 e. The first-order chi connectivity index (χ1) is 14.7. The van der Waals surface area contributed by atoms with Gasteiger partial charge >= 0.3 is 6.09 Å². The third-order valence-corrected chi connectivity index (χ3v) is 7.85. The van der Waals surface area contributed by atoms with Gasteiger partial charge in [0.1, 0.15) is 12.1 Å². The molecule has 9 nitrogen and oxygen atoms in total. The van der Waals surface area contributed by atoms with Crippen LogP contribution in [-0.4, -0.2) is 73.8 Å². The van der Waals surface area contributed by atoms with Gasteiger partial charge in [-0.1, -0.05) is 19.9 Å². The van der Waals surface area contributed by atoms with Crippen molar-refractivity contribution in [3.8, 4) is 0 Å². The van der Waals surface area contributed by atoms with E-state index in [-0.39, 0.29) is 29.9 Å². The summed E-state index contributed by atoms with van der Waals surface area (Å²) in [6.45, 7) is 4.44. The number of hydrazine groups is 1. The standard InChI is InChI=1S/C22H31N3O6/c1-12-3-4-17-22(9-12)5-6-23(11-14-7-15(26)8-16(31-17)18(14)22)25(21(28)29)19-13(2)10-24(30)20(19)27/h5-6,12-15,17,19,26,30H,3-4,7-11H2,1-2H3,(H,28,29)/t12?,13?,14-,15-,17-,19?,22?/m1/s1. The number of aliphatic hydroxyl groups excluding tert-OH is 1. The summed E-state index contributed by atoms with van der Waals surface area (Å²) in [5.74, 6) is 0.374. The number of hydrogen-bond donors (Lipinski definition) is 3. The highest BCUT2D eigenvalue weighted by Gasteiger charge is 2.57. The van der Waals surface area contributed by atoms with Crippen LogP contribution < -0.4 is 0 Å². The van der Waals surface area contributed by atoms with E-state index in [0.717, 1.165) is 30.0 Å². The van der Waals surface area contributed by atoms with Gasteiger partial charge in [0.15, 0.2) is 0 Å². The molecule has 31 heavy (non-hydrogen) atoms. The largest absolute Gasteiger partial charge is 0.493 e. The number of amides is 2. The summed E-state index contributed by atoms with van der Waals surface area (Å²) in [6, 6.07) is -0.984. The number of nitrogens with zero attached hydrogens (tertiary/aromatic N) is 3. The molecule has 3 aliphatic heterocycles. The van der Waals surface area contributed by atoms with Gasteiger partial charge < -0.3 is 14.9 Å². The molecule has 3 N–H and O–H groups in total. The highest BCUT2D eigenvalue weighted by atomic mass is 16.5. The normalized spacial score (nSPS) is 41.6. The monoisotopic (exact) mass is 433 g/mol. The Morgan fingerprint density at radius 1 is 1.29 bits per heavy atom. The summed E-state index contributed by atoms with van der Waals surface area (Å²) in [5.41, 5.74) is 0.929. The van der Waals surface area contributed by atoms with Crippen LogP contribution in [0.25, 0.3) is 0 Å². The minimum absolute atomic E-state index is 0.0101. The van der Waals surface area contributed by atoms with E-state index in [1.165, 1.54) is 5.57 Å². The number of aliphatic hydroxyl groups is 1. The summed E-state index contributed by atoms with van der Waals surface area (Å²) in [4.78, 5) is 24.9. The molecule has 4 unspecified atom stereocenters. The van der Waals surface area contributed by atoms with Crippen molar-refractivity contribution in [1.29, 1.82) is 0 Å². The highest BCUT2D eigenvalue weighted by Crippen LogP contribution is 2.59. The molecule has 9 heteroatoms. The maximum atomic E-state index is 12.6. The molecular formula is C22H31N3O6. The van der Waals surface area contributed by atoms with Crippen LogP contribution in [0.4, 0.5) is 4.79 Å². The Morgan fingerprint density at radius 3 is 2.74 bits per heavy atom. The predicted molar refractivity (Wildman–Crippen MR) is 108 cm³/mol. The summed E-state index contributed by atoms with van der Waals surface area (Å²) in [6.07, 6.45) is 6.12. The summed E-state index contributed by atoms with van der Waals surface area (Å²) < 4.78 is 6.37. The molecule has 0 bridgehead atoms. The summed E-state index contributed by atoms with van der Waals surface area (Å²) in [5, 5.41) is 33.8. The number of hydrogen-bond acceptors (Lipinski definition) is 6. The average Bonchev–Trinajstić information content (AvgIpc) is 3.06. The van der Waals surface area contributed by atoms with E-state index in [1.54, 1.807) is 18.1 Å². The van der Waals surface area contributed by atoms with Gasteiger partial charge in [-0.2, -0.15) is 0 Å². The first-order valence-electron chi connectivity index (χ1n) is 11.3. The maximum Gasteiger partial charge on any atom is 0.427 e. The molecule has 7 atom stereocenters. The number of ether oxygens (including phenoxy) is 1. The van der Waals surface area contributed by atoms with Crippen LogP contribution in [0.3, 0.4) is 0 Å². The molecule has 1 saturated carbocycles. The minimum Gasteiger partial charge on any atom is -0.493 e. The third-order valence-electron chi connectivity index (χ3n) is 7.85. The number of rotatable bonds is 2. The number of carbonyl (C=O) groups is 2. The van der Waals surface area contributed by atoms with Crippen LogP contribution in [0, 0.1) is 23.2 Å². The van der Waals surface area contributed by atoms with E-state index in [4.69, 9.17) is 4.74 Å². The van der Waals surface area contributed by atoms with Gasteiger partial charge in [0.05, 0.1) is 23.8 Å². The van der Waals surface area contributed by atoms with Crippen molar-refractivity contribution in [2.75, 3.05) is 13.1 Å². The van der Waals surface area contributed by atoms with Crippen molar-refractivity contribution >= 4 is 12.0 Å². The quantitative estimate of drug-likeness (QED) is 0.572. The minimum atomic E-state index is -1.23.